The summed E-state index contributed by atoms with van der Waals surface area (Å²) >= 11 is 1.82. The first kappa shape index (κ1) is 14.0. The number of pyridine rings is 1. The van der Waals surface area contributed by atoms with E-state index < -0.39 is 0 Å². The summed E-state index contributed by atoms with van der Waals surface area (Å²) in [6, 6.07) is 19.1. The van der Waals surface area contributed by atoms with E-state index in [2.05, 4.69) is 63.8 Å². The van der Waals surface area contributed by atoms with Crippen LogP contribution in [0.4, 0.5) is 0 Å². The first-order valence-corrected chi connectivity index (χ1v) is 7.96. The Balaban J connectivity index is 1.74. The highest BCUT2D eigenvalue weighted by molar-refractivity contribution is 7.09. The summed E-state index contributed by atoms with van der Waals surface area (Å²) in [6.45, 7) is 2.84. The van der Waals surface area contributed by atoms with Gasteiger partial charge >= 0.3 is 0 Å². The summed E-state index contributed by atoms with van der Waals surface area (Å²) in [6.07, 6.45) is 3.77. The molecule has 0 aliphatic rings. The van der Waals surface area contributed by atoms with Gasteiger partial charge in [0, 0.05) is 36.9 Å². The van der Waals surface area contributed by atoms with Crippen LogP contribution >= 0.6 is 11.3 Å². The maximum atomic E-state index is 4.22. The number of hydrogen-bond donors (Lipinski definition) is 0. The molecular weight excluding hydrogens is 276 g/mol. The number of hydrogen-bond acceptors (Lipinski definition) is 3. The van der Waals surface area contributed by atoms with E-state index in [9.17, 15) is 0 Å². The topological polar surface area (TPSA) is 16.1 Å². The van der Waals surface area contributed by atoms with Gasteiger partial charge in [0.25, 0.3) is 0 Å². The molecule has 0 bridgehead atoms. The number of nitrogens with zero attached hydrogens (tertiary/aromatic N) is 2. The van der Waals surface area contributed by atoms with Crippen LogP contribution in [0.25, 0.3) is 0 Å². The van der Waals surface area contributed by atoms with Crippen LogP contribution in [-0.2, 0) is 19.6 Å². The monoisotopic (exact) mass is 294 g/mol. The molecule has 3 aromatic rings. The fourth-order valence-corrected chi connectivity index (χ4v) is 3.13. The summed E-state index contributed by atoms with van der Waals surface area (Å²) in [4.78, 5) is 8.07. The van der Waals surface area contributed by atoms with Gasteiger partial charge in [-0.1, -0.05) is 42.5 Å². The molecule has 0 unspecified atom stereocenters. The van der Waals surface area contributed by atoms with Gasteiger partial charge in [-0.15, -0.1) is 11.3 Å². The number of benzene rings is 1. The Morgan fingerprint density at radius 3 is 2.33 bits per heavy atom. The quantitative estimate of drug-likeness (QED) is 0.672. The maximum Gasteiger partial charge on any atom is 0.0335 e. The second-order valence-corrected chi connectivity index (χ2v) is 6.10. The van der Waals surface area contributed by atoms with Gasteiger partial charge in [0.2, 0.25) is 0 Å². The molecule has 0 amide bonds. The van der Waals surface area contributed by atoms with Crippen LogP contribution in [0.5, 0.6) is 0 Å². The van der Waals surface area contributed by atoms with E-state index in [0.29, 0.717) is 0 Å². The zero-order chi connectivity index (χ0) is 14.3. The van der Waals surface area contributed by atoms with Crippen LogP contribution in [0.3, 0.4) is 0 Å². The van der Waals surface area contributed by atoms with E-state index >= 15 is 0 Å². The van der Waals surface area contributed by atoms with Crippen molar-refractivity contribution in [3.8, 4) is 0 Å². The van der Waals surface area contributed by atoms with E-state index in [4.69, 9.17) is 0 Å². The lowest BCUT2D eigenvalue weighted by Crippen LogP contribution is -2.22. The van der Waals surface area contributed by atoms with E-state index in [1.807, 2.05) is 29.8 Å². The number of thiophene rings is 1. The van der Waals surface area contributed by atoms with Crippen molar-refractivity contribution in [3.05, 3.63) is 88.4 Å². The normalized spacial score (nSPS) is 10.9. The Hall–Kier alpha value is -1.97. The Bertz CT molecular complexity index is 594. The molecule has 0 aliphatic heterocycles. The second-order valence-electron chi connectivity index (χ2n) is 5.07. The third-order valence-electron chi connectivity index (χ3n) is 3.34. The van der Waals surface area contributed by atoms with Crippen LogP contribution in [0.1, 0.15) is 16.0 Å². The first-order chi connectivity index (χ1) is 10.4. The molecule has 3 rings (SSSR count). The minimum absolute atomic E-state index is 0.917. The molecule has 0 spiro atoms. The van der Waals surface area contributed by atoms with Crippen molar-refractivity contribution in [1.82, 2.24) is 9.88 Å². The van der Waals surface area contributed by atoms with E-state index in [-0.39, 0.29) is 0 Å². The minimum atomic E-state index is 0.917. The molecule has 1 aromatic carbocycles. The highest BCUT2D eigenvalue weighted by Gasteiger charge is 2.09. The summed E-state index contributed by atoms with van der Waals surface area (Å²) in [7, 11) is 0. The van der Waals surface area contributed by atoms with Gasteiger partial charge in [-0.3, -0.25) is 9.88 Å². The van der Waals surface area contributed by atoms with Gasteiger partial charge in [0.05, 0.1) is 0 Å². The van der Waals surface area contributed by atoms with Gasteiger partial charge in [-0.2, -0.15) is 0 Å². The van der Waals surface area contributed by atoms with Gasteiger partial charge in [0.15, 0.2) is 0 Å². The molecule has 2 aromatic heterocycles. The molecule has 0 saturated heterocycles. The van der Waals surface area contributed by atoms with Gasteiger partial charge in [-0.05, 0) is 28.6 Å². The molecular formula is C18H18N2S. The van der Waals surface area contributed by atoms with Crippen molar-refractivity contribution < 1.29 is 0 Å². The fourth-order valence-electron chi connectivity index (χ4n) is 2.38. The van der Waals surface area contributed by atoms with Crippen molar-refractivity contribution in [3.63, 3.8) is 0 Å². The highest BCUT2D eigenvalue weighted by atomic mass is 32.1. The predicted octanol–water partition coefficient (Wildman–Crippen LogP) is 4.35. The average Bonchev–Trinajstić information content (AvgIpc) is 3.02. The molecule has 0 N–H and O–H groups in total. The lowest BCUT2D eigenvalue weighted by atomic mass is 10.2. The van der Waals surface area contributed by atoms with Crippen LogP contribution < -0.4 is 0 Å². The Kier molecular flexibility index (Phi) is 4.77. The SMILES string of the molecule is c1ccc(CN(Cc2cccnc2)Cc2cccs2)cc1. The molecule has 2 nitrogen and oxygen atoms in total. The minimum Gasteiger partial charge on any atom is -0.290 e. The van der Waals surface area contributed by atoms with Crippen molar-refractivity contribution in [1.29, 1.82) is 0 Å². The number of aromatic nitrogens is 1. The van der Waals surface area contributed by atoms with Gasteiger partial charge in [-0.25, -0.2) is 0 Å². The van der Waals surface area contributed by atoms with Crippen LogP contribution in [0, 0.1) is 0 Å². The van der Waals surface area contributed by atoms with Gasteiger partial charge in [0.1, 0.15) is 0 Å². The Labute approximate surface area is 129 Å². The van der Waals surface area contributed by atoms with Crippen molar-refractivity contribution in [2.45, 2.75) is 19.6 Å². The molecule has 0 atom stereocenters. The molecule has 3 heteroatoms. The molecule has 0 radical (unpaired) electrons. The average molecular weight is 294 g/mol. The third kappa shape index (κ3) is 4.25. The largest absolute Gasteiger partial charge is 0.290 e. The molecule has 106 valence electrons. The van der Waals surface area contributed by atoms with E-state index in [0.717, 1.165) is 19.6 Å². The van der Waals surface area contributed by atoms with Crippen molar-refractivity contribution in [2.24, 2.45) is 0 Å². The second kappa shape index (κ2) is 7.16. The zero-order valence-corrected chi connectivity index (χ0v) is 12.7. The van der Waals surface area contributed by atoms with E-state index in [1.54, 1.807) is 0 Å². The fraction of sp³-hybridized carbons (Fsp3) is 0.167. The zero-order valence-electron chi connectivity index (χ0n) is 11.9. The lowest BCUT2D eigenvalue weighted by Gasteiger charge is -2.21. The first-order valence-electron chi connectivity index (χ1n) is 7.08. The summed E-state index contributed by atoms with van der Waals surface area (Å²) in [5.41, 5.74) is 2.60. The summed E-state index contributed by atoms with van der Waals surface area (Å²) in [5, 5.41) is 2.14. The molecule has 2 heterocycles. The Morgan fingerprint density at radius 2 is 1.62 bits per heavy atom. The summed E-state index contributed by atoms with van der Waals surface area (Å²) in [5.74, 6) is 0. The standard InChI is InChI=1S/C18H18N2S/c1-2-6-16(7-3-1)13-20(15-18-9-5-11-21-18)14-17-8-4-10-19-12-17/h1-12H,13-15H2. The molecule has 21 heavy (non-hydrogen) atoms. The molecule has 0 fully saturated rings. The van der Waals surface area contributed by atoms with E-state index in [1.165, 1.54) is 16.0 Å². The lowest BCUT2D eigenvalue weighted by molar-refractivity contribution is 0.249. The maximum absolute atomic E-state index is 4.22. The smallest absolute Gasteiger partial charge is 0.0335 e. The van der Waals surface area contributed by atoms with Crippen molar-refractivity contribution >= 4 is 11.3 Å². The van der Waals surface area contributed by atoms with Crippen LogP contribution in [0.15, 0.2) is 72.4 Å². The van der Waals surface area contributed by atoms with Crippen LogP contribution in [-0.4, -0.2) is 9.88 Å². The molecule has 0 saturated carbocycles. The number of rotatable bonds is 6. The third-order valence-corrected chi connectivity index (χ3v) is 4.20. The van der Waals surface area contributed by atoms with Crippen LogP contribution in [0.2, 0.25) is 0 Å². The highest BCUT2D eigenvalue weighted by Crippen LogP contribution is 2.16. The Morgan fingerprint density at radius 1 is 0.810 bits per heavy atom. The van der Waals surface area contributed by atoms with Gasteiger partial charge < -0.3 is 0 Å². The van der Waals surface area contributed by atoms with Crippen molar-refractivity contribution in [2.75, 3.05) is 0 Å². The molecule has 0 aliphatic carbocycles. The summed E-state index contributed by atoms with van der Waals surface area (Å²) < 4.78 is 0. The predicted molar refractivity (Wildman–Crippen MR) is 87.9 cm³/mol.